The largest absolute Gasteiger partial charge is 0.495 e. The Morgan fingerprint density at radius 3 is 2.57 bits per heavy atom. The van der Waals surface area contributed by atoms with Crippen LogP contribution in [0.2, 0.25) is 5.02 Å². The first kappa shape index (κ1) is 22.1. The van der Waals surface area contributed by atoms with Gasteiger partial charge in [-0.15, -0.1) is 11.8 Å². The maximum absolute atomic E-state index is 12.4. The number of aromatic nitrogens is 1. The molecular weight excluding hydrogens is 424 g/mol. The molecule has 2 aromatic carbocycles. The van der Waals surface area contributed by atoms with Gasteiger partial charge < -0.3 is 19.8 Å². The zero-order chi connectivity index (χ0) is 21.8. The third-order valence-electron chi connectivity index (χ3n) is 4.83. The van der Waals surface area contributed by atoms with Crippen LogP contribution in [-0.4, -0.2) is 30.9 Å². The van der Waals surface area contributed by atoms with Crippen molar-refractivity contribution in [1.29, 1.82) is 0 Å². The number of pyridine rings is 1. The molecule has 1 heterocycles. The van der Waals surface area contributed by atoms with Gasteiger partial charge in [-0.3, -0.25) is 9.59 Å². The van der Waals surface area contributed by atoms with Gasteiger partial charge >= 0.3 is 0 Å². The first-order chi connectivity index (χ1) is 14.3. The number of fused-ring (bicyclic) bond motifs is 1. The van der Waals surface area contributed by atoms with E-state index in [1.807, 2.05) is 26.0 Å². The van der Waals surface area contributed by atoms with Gasteiger partial charge in [0, 0.05) is 29.0 Å². The molecule has 2 N–H and O–H groups in total. The normalized spacial score (nSPS) is 10.8. The molecule has 0 radical (unpaired) electrons. The highest BCUT2D eigenvalue weighted by molar-refractivity contribution is 7.99. The van der Waals surface area contributed by atoms with E-state index < -0.39 is 0 Å². The fourth-order valence-corrected chi connectivity index (χ4v) is 4.07. The van der Waals surface area contributed by atoms with Gasteiger partial charge in [-0.05, 0) is 37.1 Å². The molecule has 0 atom stereocenters. The average molecular weight is 447 g/mol. The van der Waals surface area contributed by atoms with Crippen LogP contribution in [0.4, 0.5) is 5.69 Å². The average Bonchev–Trinajstić information content (AvgIpc) is 2.71. The Balaban J connectivity index is 1.67. The second kappa shape index (κ2) is 9.45. The summed E-state index contributed by atoms with van der Waals surface area (Å²) in [5, 5.41) is 3.85. The number of rotatable bonds is 7. The van der Waals surface area contributed by atoms with Crippen molar-refractivity contribution in [3.63, 3.8) is 0 Å². The number of aryl methyl sites for hydroxylation is 2. The molecule has 0 fully saturated rings. The lowest BCUT2D eigenvalue weighted by Crippen LogP contribution is -2.15. The number of anilines is 1. The van der Waals surface area contributed by atoms with Gasteiger partial charge in [0.25, 0.3) is 0 Å². The van der Waals surface area contributed by atoms with E-state index in [1.54, 1.807) is 18.2 Å². The number of aromatic amines is 1. The van der Waals surface area contributed by atoms with Crippen LogP contribution in [0.25, 0.3) is 10.9 Å². The summed E-state index contributed by atoms with van der Waals surface area (Å²) in [4.78, 5) is 28.1. The third-order valence-corrected chi connectivity index (χ3v) is 6.11. The number of carbonyl (C=O) groups is 1. The summed E-state index contributed by atoms with van der Waals surface area (Å²) >= 11 is 7.55. The highest BCUT2D eigenvalue weighted by atomic mass is 35.5. The number of thioether (sulfide) groups is 1. The van der Waals surface area contributed by atoms with E-state index in [1.165, 1.54) is 26.0 Å². The minimum atomic E-state index is -0.199. The molecule has 0 bridgehead atoms. The van der Waals surface area contributed by atoms with Crippen molar-refractivity contribution in [1.82, 2.24) is 4.98 Å². The predicted octanol–water partition coefficient (Wildman–Crippen LogP) is 4.69. The van der Waals surface area contributed by atoms with Crippen molar-refractivity contribution in [2.45, 2.75) is 19.6 Å². The van der Waals surface area contributed by atoms with Gasteiger partial charge in [0.2, 0.25) is 5.91 Å². The first-order valence-electron chi connectivity index (χ1n) is 9.25. The van der Waals surface area contributed by atoms with Gasteiger partial charge in [0.05, 0.1) is 36.2 Å². The molecule has 158 valence electrons. The Kier molecular flexibility index (Phi) is 6.95. The second-order valence-corrected chi connectivity index (χ2v) is 8.21. The van der Waals surface area contributed by atoms with E-state index >= 15 is 0 Å². The third kappa shape index (κ3) is 4.74. The molecule has 8 heteroatoms. The highest BCUT2D eigenvalue weighted by Gasteiger charge is 2.13. The summed E-state index contributed by atoms with van der Waals surface area (Å²) in [6.07, 6.45) is 0. The molecule has 0 aliphatic heterocycles. The molecule has 0 unspecified atom stereocenters. The van der Waals surface area contributed by atoms with Crippen molar-refractivity contribution < 1.29 is 14.3 Å². The van der Waals surface area contributed by atoms with Crippen LogP contribution in [0.3, 0.4) is 0 Å². The number of methoxy groups -OCH3 is 2. The molecular formula is C22H23ClN2O4S. The van der Waals surface area contributed by atoms with E-state index in [0.717, 1.165) is 22.3 Å². The minimum absolute atomic E-state index is 0.0236. The molecule has 3 aromatic rings. The zero-order valence-corrected chi connectivity index (χ0v) is 18.8. The molecule has 1 aromatic heterocycles. The van der Waals surface area contributed by atoms with Crippen LogP contribution in [0.15, 0.2) is 35.1 Å². The van der Waals surface area contributed by atoms with E-state index in [9.17, 15) is 9.59 Å². The Hall–Kier alpha value is -2.64. The van der Waals surface area contributed by atoms with Crippen LogP contribution in [-0.2, 0) is 10.5 Å². The van der Waals surface area contributed by atoms with Crippen molar-refractivity contribution in [3.8, 4) is 11.5 Å². The summed E-state index contributed by atoms with van der Waals surface area (Å²) in [5.41, 5.74) is 4.25. The number of amides is 1. The highest BCUT2D eigenvalue weighted by Crippen LogP contribution is 2.36. The molecule has 1 amide bonds. The molecule has 6 nitrogen and oxygen atoms in total. The number of ether oxygens (including phenoxy) is 2. The van der Waals surface area contributed by atoms with Gasteiger partial charge in [-0.2, -0.15) is 0 Å². The fraction of sp³-hybridized carbons (Fsp3) is 0.273. The number of nitrogens with one attached hydrogen (secondary N) is 2. The summed E-state index contributed by atoms with van der Waals surface area (Å²) in [6.45, 7) is 4.00. The Labute approximate surface area is 183 Å². The van der Waals surface area contributed by atoms with E-state index in [2.05, 4.69) is 10.3 Å². The molecule has 0 aliphatic carbocycles. The SMILES string of the molecule is COc1cc(OC)c(NC(=O)CSCc2cc(=O)c3ccc(C)c(C)c3[nH]2)cc1Cl. The summed E-state index contributed by atoms with van der Waals surface area (Å²) in [5.74, 6) is 1.44. The quantitative estimate of drug-likeness (QED) is 0.550. The van der Waals surface area contributed by atoms with Gasteiger partial charge in [0.1, 0.15) is 11.5 Å². The Morgan fingerprint density at radius 1 is 1.13 bits per heavy atom. The lowest BCUT2D eigenvalue weighted by Gasteiger charge is -2.13. The lowest BCUT2D eigenvalue weighted by molar-refractivity contribution is -0.113. The van der Waals surface area contributed by atoms with Crippen molar-refractivity contribution in [3.05, 3.63) is 62.4 Å². The van der Waals surface area contributed by atoms with Crippen LogP contribution < -0.4 is 20.2 Å². The van der Waals surface area contributed by atoms with Crippen LogP contribution in [0, 0.1) is 13.8 Å². The zero-order valence-electron chi connectivity index (χ0n) is 17.2. The van der Waals surface area contributed by atoms with E-state index in [4.69, 9.17) is 21.1 Å². The molecule has 0 saturated carbocycles. The number of carbonyl (C=O) groups excluding carboxylic acids is 1. The van der Waals surface area contributed by atoms with Gasteiger partial charge in [-0.1, -0.05) is 17.7 Å². The number of H-pyrrole nitrogens is 1. The number of benzene rings is 2. The van der Waals surface area contributed by atoms with Crippen molar-refractivity contribution >= 4 is 45.9 Å². The monoisotopic (exact) mass is 446 g/mol. The maximum atomic E-state index is 12.4. The maximum Gasteiger partial charge on any atom is 0.234 e. The summed E-state index contributed by atoms with van der Waals surface area (Å²) < 4.78 is 10.5. The summed E-state index contributed by atoms with van der Waals surface area (Å²) in [6, 6.07) is 8.59. The van der Waals surface area contributed by atoms with Crippen molar-refractivity contribution in [2.24, 2.45) is 0 Å². The second-order valence-electron chi connectivity index (χ2n) is 6.82. The fourth-order valence-electron chi connectivity index (χ4n) is 3.09. The standard InChI is InChI=1S/C22H23ClN2O4S/c1-12-5-6-15-18(26)7-14(24-22(15)13(12)2)10-30-11-21(27)25-17-8-16(23)19(28-3)9-20(17)29-4/h5-9H,10-11H2,1-4H3,(H,24,26)(H,25,27). The van der Waals surface area contributed by atoms with Crippen molar-refractivity contribution in [2.75, 3.05) is 25.3 Å². The number of hydrogen-bond donors (Lipinski definition) is 2. The molecule has 0 saturated heterocycles. The predicted molar refractivity (Wildman–Crippen MR) is 123 cm³/mol. The van der Waals surface area contributed by atoms with Crippen LogP contribution >= 0.6 is 23.4 Å². The van der Waals surface area contributed by atoms with Crippen LogP contribution in [0.1, 0.15) is 16.8 Å². The van der Waals surface area contributed by atoms with Crippen LogP contribution in [0.5, 0.6) is 11.5 Å². The topological polar surface area (TPSA) is 80.4 Å². The van der Waals surface area contributed by atoms with Gasteiger partial charge in [0.15, 0.2) is 5.43 Å². The lowest BCUT2D eigenvalue weighted by atomic mass is 10.0. The molecule has 3 rings (SSSR count). The molecule has 30 heavy (non-hydrogen) atoms. The minimum Gasteiger partial charge on any atom is -0.495 e. The smallest absolute Gasteiger partial charge is 0.234 e. The van der Waals surface area contributed by atoms with E-state index in [0.29, 0.717) is 33.3 Å². The molecule has 0 spiro atoms. The molecule has 0 aliphatic rings. The Bertz CT molecular complexity index is 1160. The van der Waals surface area contributed by atoms with E-state index in [-0.39, 0.29) is 17.1 Å². The first-order valence-corrected chi connectivity index (χ1v) is 10.8. The number of hydrogen-bond acceptors (Lipinski definition) is 5. The number of halogens is 1. The Morgan fingerprint density at radius 2 is 1.87 bits per heavy atom. The summed E-state index contributed by atoms with van der Waals surface area (Å²) in [7, 11) is 3.02. The van der Waals surface area contributed by atoms with Gasteiger partial charge in [-0.25, -0.2) is 0 Å².